The first-order valence-electron chi connectivity index (χ1n) is 11.0. The topological polar surface area (TPSA) is 75.7 Å². The van der Waals surface area contributed by atoms with Gasteiger partial charge >= 0.3 is 0 Å². The normalized spacial score (nSPS) is 12.8. The van der Waals surface area contributed by atoms with Crippen molar-refractivity contribution in [1.29, 1.82) is 0 Å². The van der Waals surface area contributed by atoms with Gasteiger partial charge in [0, 0.05) is 22.8 Å². The number of sulfonamides is 1. The van der Waals surface area contributed by atoms with E-state index in [4.69, 9.17) is 16.3 Å². The monoisotopic (exact) mass is 504 g/mol. The van der Waals surface area contributed by atoms with Crippen LogP contribution in [0.1, 0.15) is 15.9 Å². The zero-order valence-electron chi connectivity index (χ0n) is 18.5. The van der Waals surface area contributed by atoms with Gasteiger partial charge in [0.05, 0.1) is 10.6 Å². The van der Waals surface area contributed by atoms with E-state index >= 15 is 0 Å². The van der Waals surface area contributed by atoms with E-state index in [0.29, 0.717) is 40.7 Å². The fourth-order valence-electron chi connectivity index (χ4n) is 3.93. The average Bonchev–Trinajstić information content (AvgIpc) is 3.30. The number of benzene rings is 4. The summed E-state index contributed by atoms with van der Waals surface area (Å²) in [5.41, 5.74) is 2.47. The molecule has 6 nitrogen and oxygen atoms in total. The summed E-state index contributed by atoms with van der Waals surface area (Å²) in [6, 6.07) is 27.7. The standard InChI is InChI=1S/C27H21ClN2O4S/c28-21-7-13-25(14-8-21)35(32,33)30-17-16-19-18-20(6-15-26(19)30)27(31)29-22-9-11-24(12-10-22)34-23-4-2-1-3-5-23/h1-15,18H,16-17H2,(H,29,31). The van der Waals surface area contributed by atoms with Gasteiger partial charge in [0.25, 0.3) is 15.9 Å². The summed E-state index contributed by atoms with van der Waals surface area (Å²) in [6.45, 7) is 0.314. The molecular weight excluding hydrogens is 484 g/mol. The first-order valence-corrected chi connectivity index (χ1v) is 12.8. The summed E-state index contributed by atoms with van der Waals surface area (Å²) in [4.78, 5) is 13.0. The van der Waals surface area contributed by atoms with Crippen LogP contribution < -0.4 is 14.4 Å². The van der Waals surface area contributed by atoms with Crippen molar-refractivity contribution < 1.29 is 17.9 Å². The molecule has 0 aliphatic carbocycles. The third-order valence-corrected chi connectivity index (χ3v) is 7.77. The fourth-order valence-corrected chi connectivity index (χ4v) is 5.56. The van der Waals surface area contributed by atoms with Crippen molar-refractivity contribution >= 4 is 38.9 Å². The van der Waals surface area contributed by atoms with Gasteiger partial charge in [0.1, 0.15) is 11.5 Å². The molecule has 0 fully saturated rings. The van der Waals surface area contributed by atoms with Gasteiger partial charge in [-0.2, -0.15) is 0 Å². The van der Waals surface area contributed by atoms with Crippen LogP contribution in [-0.4, -0.2) is 20.9 Å². The molecule has 0 atom stereocenters. The van der Waals surface area contributed by atoms with Gasteiger partial charge in [0.15, 0.2) is 0 Å². The number of hydrogen-bond acceptors (Lipinski definition) is 4. The Hall–Kier alpha value is -3.81. The summed E-state index contributed by atoms with van der Waals surface area (Å²) in [7, 11) is -3.72. The highest BCUT2D eigenvalue weighted by atomic mass is 35.5. The maximum absolute atomic E-state index is 13.1. The van der Waals surface area contributed by atoms with Crippen LogP contribution in [0.5, 0.6) is 11.5 Å². The van der Waals surface area contributed by atoms with E-state index in [1.54, 1.807) is 54.6 Å². The predicted octanol–water partition coefficient (Wildman–Crippen LogP) is 6.14. The summed E-state index contributed by atoms with van der Waals surface area (Å²) >= 11 is 5.90. The van der Waals surface area contributed by atoms with Gasteiger partial charge in [-0.05, 0) is 90.8 Å². The van der Waals surface area contributed by atoms with Gasteiger partial charge in [0.2, 0.25) is 0 Å². The summed E-state index contributed by atoms with van der Waals surface area (Å²) in [5.74, 6) is 1.12. The van der Waals surface area contributed by atoms with E-state index in [1.807, 2.05) is 30.3 Å². The summed E-state index contributed by atoms with van der Waals surface area (Å²) < 4.78 is 33.4. The molecule has 8 heteroatoms. The Labute approximate surface area is 208 Å². The van der Waals surface area contributed by atoms with E-state index in [1.165, 1.54) is 16.4 Å². The molecule has 35 heavy (non-hydrogen) atoms. The second kappa shape index (κ2) is 9.44. The Bertz CT molecular complexity index is 1470. The molecule has 1 aliphatic rings. The van der Waals surface area contributed by atoms with Crippen LogP contribution in [0.3, 0.4) is 0 Å². The molecule has 0 radical (unpaired) electrons. The van der Waals surface area contributed by atoms with Crippen LogP contribution >= 0.6 is 11.6 Å². The van der Waals surface area contributed by atoms with Crippen molar-refractivity contribution in [2.45, 2.75) is 11.3 Å². The number of rotatable bonds is 6. The van der Waals surface area contributed by atoms with Gasteiger partial charge in [-0.1, -0.05) is 29.8 Å². The predicted molar refractivity (Wildman–Crippen MR) is 137 cm³/mol. The first-order chi connectivity index (χ1) is 16.9. The number of halogens is 1. The maximum atomic E-state index is 13.1. The number of carbonyl (C=O) groups is 1. The lowest BCUT2D eigenvalue weighted by Gasteiger charge is -2.19. The van der Waals surface area contributed by atoms with Crippen molar-refractivity contribution in [3.8, 4) is 11.5 Å². The van der Waals surface area contributed by atoms with Crippen molar-refractivity contribution in [3.05, 3.63) is 113 Å². The second-order valence-corrected chi connectivity index (χ2v) is 10.3. The zero-order chi connectivity index (χ0) is 24.4. The average molecular weight is 505 g/mol. The minimum atomic E-state index is -3.72. The van der Waals surface area contributed by atoms with E-state index < -0.39 is 10.0 Å². The molecule has 5 rings (SSSR count). The van der Waals surface area contributed by atoms with Crippen molar-refractivity contribution in [2.75, 3.05) is 16.2 Å². The molecule has 0 spiro atoms. The number of ether oxygens (including phenoxy) is 1. The molecule has 0 saturated heterocycles. The largest absolute Gasteiger partial charge is 0.457 e. The van der Waals surface area contributed by atoms with Crippen LogP contribution in [0.4, 0.5) is 11.4 Å². The van der Waals surface area contributed by atoms with Gasteiger partial charge < -0.3 is 10.1 Å². The SMILES string of the molecule is O=C(Nc1ccc(Oc2ccccc2)cc1)c1ccc2c(c1)CCN2S(=O)(=O)c1ccc(Cl)cc1. The van der Waals surface area contributed by atoms with Crippen LogP contribution in [0.2, 0.25) is 5.02 Å². The smallest absolute Gasteiger partial charge is 0.264 e. The molecule has 0 aromatic heterocycles. The minimum Gasteiger partial charge on any atom is -0.457 e. The number of amides is 1. The Balaban J connectivity index is 1.29. The highest BCUT2D eigenvalue weighted by Crippen LogP contribution is 2.34. The second-order valence-electron chi connectivity index (χ2n) is 8.02. The number of nitrogens with one attached hydrogen (secondary N) is 1. The Morgan fingerprint density at radius 3 is 2.26 bits per heavy atom. The van der Waals surface area contributed by atoms with E-state index in [-0.39, 0.29) is 10.8 Å². The van der Waals surface area contributed by atoms with E-state index in [9.17, 15) is 13.2 Å². The van der Waals surface area contributed by atoms with E-state index in [0.717, 1.165) is 11.3 Å². The lowest BCUT2D eigenvalue weighted by Crippen LogP contribution is -2.29. The molecule has 0 saturated carbocycles. The molecule has 1 amide bonds. The Morgan fingerprint density at radius 2 is 1.54 bits per heavy atom. The number of anilines is 2. The maximum Gasteiger partial charge on any atom is 0.264 e. The number of hydrogen-bond donors (Lipinski definition) is 1. The van der Waals surface area contributed by atoms with Crippen molar-refractivity contribution in [1.82, 2.24) is 0 Å². The fraction of sp³-hybridized carbons (Fsp3) is 0.0741. The Kier molecular flexibility index (Phi) is 6.19. The third kappa shape index (κ3) is 4.87. The molecular formula is C27H21ClN2O4S. The molecule has 0 bridgehead atoms. The van der Waals surface area contributed by atoms with Crippen molar-refractivity contribution in [2.24, 2.45) is 0 Å². The highest BCUT2D eigenvalue weighted by Gasteiger charge is 2.31. The third-order valence-electron chi connectivity index (χ3n) is 5.69. The van der Waals surface area contributed by atoms with Crippen LogP contribution in [0, 0.1) is 0 Å². The molecule has 1 N–H and O–H groups in total. The quantitative estimate of drug-likeness (QED) is 0.342. The Morgan fingerprint density at radius 1 is 0.857 bits per heavy atom. The lowest BCUT2D eigenvalue weighted by atomic mass is 10.1. The molecule has 4 aromatic carbocycles. The lowest BCUT2D eigenvalue weighted by molar-refractivity contribution is 0.102. The highest BCUT2D eigenvalue weighted by molar-refractivity contribution is 7.92. The van der Waals surface area contributed by atoms with Crippen LogP contribution in [0.25, 0.3) is 0 Å². The number of para-hydroxylation sites is 1. The molecule has 176 valence electrons. The summed E-state index contributed by atoms with van der Waals surface area (Å²) in [5, 5.41) is 3.35. The summed E-state index contributed by atoms with van der Waals surface area (Å²) in [6.07, 6.45) is 0.523. The molecule has 4 aromatic rings. The molecule has 1 aliphatic heterocycles. The first kappa shape index (κ1) is 23.0. The van der Waals surface area contributed by atoms with Gasteiger partial charge in [-0.25, -0.2) is 8.42 Å². The molecule has 1 heterocycles. The van der Waals surface area contributed by atoms with Gasteiger partial charge in [-0.15, -0.1) is 0 Å². The van der Waals surface area contributed by atoms with E-state index in [2.05, 4.69) is 5.32 Å². The van der Waals surface area contributed by atoms with Gasteiger partial charge in [-0.3, -0.25) is 9.10 Å². The van der Waals surface area contributed by atoms with Crippen LogP contribution in [0.15, 0.2) is 102 Å². The number of carbonyl (C=O) groups excluding carboxylic acids is 1. The number of fused-ring (bicyclic) bond motifs is 1. The molecule has 0 unspecified atom stereocenters. The van der Waals surface area contributed by atoms with Crippen molar-refractivity contribution in [3.63, 3.8) is 0 Å². The minimum absolute atomic E-state index is 0.177. The zero-order valence-corrected chi connectivity index (χ0v) is 20.1. The number of nitrogens with zero attached hydrogens (tertiary/aromatic N) is 1. The van der Waals surface area contributed by atoms with Crippen LogP contribution in [-0.2, 0) is 16.4 Å².